The summed E-state index contributed by atoms with van der Waals surface area (Å²) in [6.45, 7) is 0. The van der Waals surface area contributed by atoms with Crippen molar-refractivity contribution in [1.29, 1.82) is 0 Å². The van der Waals surface area contributed by atoms with Crippen molar-refractivity contribution in [1.82, 2.24) is 10.1 Å². The average molecular weight is 321 g/mol. The molecule has 0 bridgehead atoms. The molecule has 1 aromatic heterocycles. The van der Waals surface area contributed by atoms with Crippen molar-refractivity contribution in [2.24, 2.45) is 0 Å². The van der Waals surface area contributed by atoms with E-state index in [2.05, 4.69) is 10.1 Å². The molecule has 2 aromatic carbocycles. The Kier molecular flexibility index (Phi) is 3.82. The highest BCUT2D eigenvalue weighted by atomic mass is 35.5. The zero-order valence-electron chi connectivity index (χ0n) is 10.8. The third kappa shape index (κ3) is 3.17. The summed E-state index contributed by atoms with van der Waals surface area (Å²) in [6, 6.07) is 12.1. The van der Waals surface area contributed by atoms with Crippen LogP contribution in [0.2, 0.25) is 10.0 Å². The normalized spacial score (nSPS) is 10.8. The van der Waals surface area contributed by atoms with Gasteiger partial charge in [0.05, 0.1) is 16.5 Å². The second-order valence-corrected chi connectivity index (χ2v) is 5.30. The second kappa shape index (κ2) is 5.76. The lowest BCUT2D eigenvalue weighted by atomic mass is 10.1. The van der Waals surface area contributed by atoms with Crippen LogP contribution in [-0.2, 0) is 6.42 Å². The first kappa shape index (κ1) is 13.9. The smallest absolute Gasteiger partial charge is 0.231 e. The summed E-state index contributed by atoms with van der Waals surface area (Å²) in [6.07, 6.45) is 0.447. The van der Waals surface area contributed by atoms with E-state index in [1.807, 2.05) is 6.07 Å². The van der Waals surface area contributed by atoms with Crippen molar-refractivity contribution < 1.29 is 9.63 Å². The number of halogens is 2. The summed E-state index contributed by atoms with van der Waals surface area (Å²) < 4.78 is 5.21. The fourth-order valence-electron chi connectivity index (χ4n) is 1.92. The molecular formula is C15H10Cl2N2O2. The Hall–Kier alpha value is -2.04. The number of hydrogen-bond donors (Lipinski definition) is 1. The monoisotopic (exact) mass is 320 g/mol. The molecule has 0 radical (unpaired) electrons. The van der Waals surface area contributed by atoms with Gasteiger partial charge in [0, 0.05) is 5.56 Å². The number of nitrogens with zero attached hydrogens (tertiary/aromatic N) is 2. The molecule has 0 amide bonds. The zero-order valence-corrected chi connectivity index (χ0v) is 12.3. The van der Waals surface area contributed by atoms with E-state index < -0.39 is 0 Å². The molecular weight excluding hydrogens is 311 g/mol. The molecule has 0 saturated carbocycles. The van der Waals surface area contributed by atoms with Crippen molar-refractivity contribution in [3.05, 3.63) is 64.0 Å². The first-order valence-corrected chi connectivity index (χ1v) is 6.93. The van der Waals surface area contributed by atoms with Gasteiger partial charge < -0.3 is 9.63 Å². The largest absolute Gasteiger partial charge is 0.508 e. The highest BCUT2D eigenvalue weighted by molar-refractivity contribution is 6.42. The van der Waals surface area contributed by atoms with Gasteiger partial charge in [0.1, 0.15) is 5.75 Å². The van der Waals surface area contributed by atoms with Gasteiger partial charge in [-0.25, -0.2) is 0 Å². The Bertz CT molecular complexity index is 787. The van der Waals surface area contributed by atoms with Crippen LogP contribution >= 0.6 is 23.2 Å². The number of benzene rings is 2. The van der Waals surface area contributed by atoms with Crippen molar-refractivity contribution in [3.63, 3.8) is 0 Å². The standard InChI is InChI=1S/C15H10Cl2N2O2/c16-12-5-4-10(8-13(12)17)15-18-14(21-19-15)7-9-2-1-3-11(20)6-9/h1-6,8,20H,7H2. The number of phenolic OH excluding ortho intramolecular Hbond substituents is 1. The lowest BCUT2D eigenvalue weighted by molar-refractivity contribution is 0.385. The van der Waals surface area contributed by atoms with Gasteiger partial charge in [-0.15, -0.1) is 0 Å². The number of aromatic hydroxyl groups is 1. The number of phenols is 1. The summed E-state index contributed by atoms with van der Waals surface area (Å²) >= 11 is 11.8. The summed E-state index contributed by atoms with van der Waals surface area (Å²) in [4.78, 5) is 4.32. The van der Waals surface area contributed by atoms with Crippen LogP contribution in [-0.4, -0.2) is 15.2 Å². The van der Waals surface area contributed by atoms with Gasteiger partial charge in [0.2, 0.25) is 11.7 Å². The Balaban J connectivity index is 1.84. The van der Waals surface area contributed by atoms with Gasteiger partial charge in [0.15, 0.2) is 0 Å². The molecule has 1 N–H and O–H groups in total. The second-order valence-electron chi connectivity index (χ2n) is 4.49. The summed E-state index contributed by atoms with van der Waals surface area (Å²) in [5, 5.41) is 14.3. The van der Waals surface area contributed by atoms with Crippen LogP contribution in [0.15, 0.2) is 47.0 Å². The van der Waals surface area contributed by atoms with E-state index in [-0.39, 0.29) is 5.75 Å². The zero-order chi connectivity index (χ0) is 14.8. The molecule has 0 aliphatic heterocycles. The minimum Gasteiger partial charge on any atom is -0.508 e. The topological polar surface area (TPSA) is 59.2 Å². The van der Waals surface area contributed by atoms with Crippen LogP contribution in [0.5, 0.6) is 5.75 Å². The van der Waals surface area contributed by atoms with Crippen LogP contribution in [0.3, 0.4) is 0 Å². The fraction of sp³-hybridized carbons (Fsp3) is 0.0667. The predicted molar refractivity (Wildman–Crippen MR) is 80.7 cm³/mol. The fourth-order valence-corrected chi connectivity index (χ4v) is 2.22. The average Bonchev–Trinajstić information content (AvgIpc) is 2.90. The Labute approximate surface area is 130 Å². The van der Waals surface area contributed by atoms with Crippen molar-refractivity contribution in [2.75, 3.05) is 0 Å². The Morgan fingerprint density at radius 2 is 1.90 bits per heavy atom. The molecule has 4 nitrogen and oxygen atoms in total. The molecule has 3 aromatic rings. The van der Waals surface area contributed by atoms with E-state index in [4.69, 9.17) is 27.7 Å². The maximum Gasteiger partial charge on any atom is 0.231 e. The first-order valence-electron chi connectivity index (χ1n) is 6.18. The highest BCUT2D eigenvalue weighted by Gasteiger charge is 2.11. The minimum absolute atomic E-state index is 0.205. The van der Waals surface area contributed by atoms with Crippen LogP contribution < -0.4 is 0 Å². The summed E-state index contributed by atoms with van der Waals surface area (Å²) in [5.74, 6) is 1.11. The Morgan fingerprint density at radius 1 is 1.05 bits per heavy atom. The van der Waals surface area contributed by atoms with Crippen LogP contribution in [0.1, 0.15) is 11.5 Å². The van der Waals surface area contributed by atoms with Crippen molar-refractivity contribution >= 4 is 23.2 Å². The molecule has 0 unspecified atom stereocenters. The minimum atomic E-state index is 0.205. The van der Waals surface area contributed by atoms with Gasteiger partial charge in [-0.2, -0.15) is 4.98 Å². The maximum absolute atomic E-state index is 9.44. The highest BCUT2D eigenvalue weighted by Crippen LogP contribution is 2.27. The predicted octanol–water partition coefficient (Wildman–Crippen LogP) is 4.34. The van der Waals surface area contributed by atoms with Gasteiger partial charge in [-0.3, -0.25) is 0 Å². The molecule has 0 saturated heterocycles. The molecule has 21 heavy (non-hydrogen) atoms. The van der Waals surface area contributed by atoms with Crippen LogP contribution in [0, 0.1) is 0 Å². The Morgan fingerprint density at radius 3 is 2.67 bits per heavy atom. The van der Waals surface area contributed by atoms with Gasteiger partial charge in [-0.1, -0.05) is 40.5 Å². The third-order valence-electron chi connectivity index (χ3n) is 2.91. The van der Waals surface area contributed by atoms with Crippen LogP contribution in [0.25, 0.3) is 11.4 Å². The van der Waals surface area contributed by atoms with E-state index in [1.54, 1.807) is 36.4 Å². The maximum atomic E-state index is 9.44. The molecule has 6 heteroatoms. The van der Waals surface area contributed by atoms with E-state index in [1.165, 1.54) is 0 Å². The lowest BCUT2D eigenvalue weighted by Gasteiger charge is -1.98. The molecule has 3 rings (SSSR count). The van der Waals surface area contributed by atoms with Crippen molar-refractivity contribution in [3.8, 4) is 17.1 Å². The molecule has 0 spiro atoms. The summed E-state index contributed by atoms with van der Waals surface area (Å²) in [5.41, 5.74) is 1.62. The number of hydrogen-bond acceptors (Lipinski definition) is 4. The van der Waals surface area contributed by atoms with Crippen molar-refractivity contribution in [2.45, 2.75) is 6.42 Å². The van der Waals surface area contributed by atoms with E-state index >= 15 is 0 Å². The molecule has 0 atom stereocenters. The van der Waals surface area contributed by atoms with E-state index in [9.17, 15) is 5.11 Å². The molecule has 0 aliphatic rings. The van der Waals surface area contributed by atoms with E-state index in [0.717, 1.165) is 11.1 Å². The number of rotatable bonds is 3. The molecule has 0 aliphatic carbocycles. The third-order valence-corrected chi connectivity index (χ3v) is 3.65. The quantitative estimate of drug-likeness (QED) is 0.779. The molecule has 0 fully saturated rings. The number of aromatic nitrogens is 2. The molecule has 106 valence electrons. The van der Waals surface area contributed by atoms with Gasteiger partial charge in [-0.05, 0) is 35.9 Å². The van der Waals surface area contributed by atoms with Gasteiger partial charge >= 0.3 is 0 Å². The summed E-state index contributed by atoms with van der Waals surface area (Å²) in [7, 11) is 0. The van der Waals surface area contributed by atoms with Gasteiger partial charge in [0.25, 0.3) is 0 Å². The van der Waals surface area contributed by atoms with E-state index in [0.29, 0.717) is 28.2 Å². The first-order chi connectivity index (χ1) is 10.1. The SMILES string of the molecule is Oc1cccc(Cc2nc(-c3ccc(Cl)c(Cl)c3)no2)c1. The lowest BCUT2D eigenvalue weighted by Crippen LogP contribution is -1.88. The van der Waals surface area contributed by atoms with Crippen LogP contribution in [0.4, 0.5) is 0 Å². The molecule has 1 heterocycles.